The quantitative estimate of drug-likeness (QED) is 0.789. The van der Waals surface area contributed by atoms with Gasteiger partial charge in [-0.15, -0.1) is 11.8 Å². The number of aromatic nitrogens is 2. The zero-order valence-corrected chi connectivity index (χ0v) is 11.9. The number of Topliss-reactive ketones (excluding diaryl/α,β-unsaturated/α-hetero) is 1. The third-order valence-corrected chi connectivity index (χ3v) is 4.95. The Bertz CT molecular complexity index is 436. The average molecular weight is 273 g/mol. The van der Waals surface area contributed by atoms with Gasteiger partial charge in [0.25, 0.3) is 0 Å². The van der Waals surface area contributed by atoms with Gasteiger partial charge in [0, 0.05) is 6.04 Å². The smallest absolute Gasteiger partial charge is 0.198 e. The Morgan fingerprint density at radius 1 is 1.65 bits per heavy atom. The Kier molecular flexibility index (Phi) is 3.55. The lowest BCUT2D eigenvalue weighted by atomic mass is 9.97. The Morgan fingerprint density at radius 2 is 2.35 bits per heavy atom. The van der Waals surface area contributed by atoms with Crippen LogP contribution in [-0.4, -0.2) is 26.1 Å². The van der Waals surface area contributed by atoms with Crippen molar-refractivity contribution in [1.29, 1.82) is 0 Å². The van der Waals surface area contributed by atoms with E-state index in [0.717, 1.165) is 18.6 Å². The highest BCUT2D eigenvalue weighted by Crippen LogP contribution is 2.41. The maximum absolute atomic E-state index is 12.6. The number of carbonyl (C=O) groups is 1. The number of rotatable bonds is 3. The minimum absolute atomic E-state index is 0.121. The average Bonchev–Trinajstić information content (AvgIpc) is 2.85. The third-order valence-electron chi connectivity index (χ3n) is 3.15. The van der Waals surface area contributed by atoms with E-state index >= 15 is 0 Å². The second-order valence-electron chi connectivity index (χ2n) is 4.89. The molecule has 2 rings (SSSR count). The van der Waals surface area contributed by atoms with Crippen molar-refractivity contribution in [2.45, 2.75) is 44.4 Å². The molecule has 0 aliphatic carbocycles. The summed E-state index contributed by atoms with van der Waals surface area (Å²) in [6.07, 6.45) is 3.59. The fraction of sp³-hybridized carbons (Fsp3) is 0.667. The number of hydrogen-bond donors (Lipinski definition) is 0. The van der Waals surface area contributed by atoms with E-state index in [-0.39, 0.29) is 16.6 Å². The van der Waals surface area contributed by atoms with Gasteiger partial charge in [-0.1, -0.05) is 11.6 Å². The maximum atomic E-state index is 12.6. The second-order valence-corrected chi connectivity index (χ2v) is 6.90. The van der Waals surface area contributed by atoms with Gasteiger partial charge in [-0.25, -0.2) is 0 Å². The molecule has 3 nitrogen and oxygen atoms in total. The highest BCUT2D eigenvalue weighted by molar-refractivity contribution is 8.01. The van der Waals surface area contributed by atoms with Crippen LogP contribution in [0, 0.1) is 0 Å². The molecule has 1 aliphatic rings. The van der Waals surface area contributed by atoms with Gasteiger partial charge < -0.3 is 0 Å². The van der Waals surface area contributed by atoms with Crippen LogP contribution < -0.4 is 0 Å². The van der Waals surface area contributed by atoms with E-state index in [0.29, 0.717) is 10.7 Å². The van der Waals surface area contributed by atoms with Crippen LogP contribution in [0.3, 0.4) is 0 Å². The van der Waals surface area contributed by atoms with Gasteiger partial charge in [-0.2, -0.15) is 5.10 Å². The molecule has 1 aromatic heterocycles. The lowest BCUT2D eigenvalue weighted by Gasteiger charge is -2.22. The molecule has 0 bridgehead atoms. The van der Waals surface area contributed by atoms with Crippen LogP contribution in [-0.2, 0) is 0 Å². The van der Waals surface area contributed by atoms with Crippen LogP contribution in [0.4, 0.5) is 0 Å². The van der Waals surface area contributed by atoms with Crippen molar-refractivity contribution in [3.63, 3.8) is 0 Å². The predicted octanol–water partition coefficient (Wildman–Crippen LogP) is 3.59. The number of ketones is 1. The molecule has 1 unspecified atom stereocenters. The van der Waals surface area contributed by atoms with Gasteiger partial charge in [0.05, 0.1) is 16.0 Å². The topological polar surface area (TPSA) is 34.9 Å². The largest absolute Gasteiger partial charge is 0.291 e. The Morgan fingerprint density at radius 3 is 2.88 bits per heavy atom. The van der Waals surface area contributed by atoms with Crippen molar-refractivity contribution in [2.24, 2.45) is 0 Å². The summed E-state index contributed by atoms with van der Waals surface area (Å²) in [5.41, 5.74) is 0.568. The SMILES string of the molecule is CC(C)n1ncc(Cl)c1C(=O)C1(C)CCCS1. The van der Waals surface area contributed by atoms with Gasteiger partial charge in [0.2, 0.25) is 0 Å². The first-order valence-corrected chi connectivity index (χ1v) is 7.24. The van der Waals surface area contributed by atoms with Crippen molar-refractivity contribution in [2.75, 3.05) is 5.75 Å². The van der Waals surface area contributed by atoms with Gasteiger partial charge in [0.1, 0.15) is 5.69 Å². The zero-order chi connectivity index (χ0) is 12.6. The van der Waals surface area contributed by atoms with Crippen LogP contribution >= 0.6 is 23.4 Å². The molecular weight excluding hydrogens is 256 g/mol. The summed E-state index contributed by atoms with van der Waals surface area (Å²) < 4.78 is 1.41. The predicted molar refractivity (Wildman–Crippen MR) is 72.0 cm³/mol. The summed E-state index contributed by atoms with van der Waals surface area (Å²) in [6, 6.07) is 0.149. The molecule has 0 aromatic carbocycles. The molecule has 0 radical (unpaired) electrons. The fourth-order valence-electron chi connectivity index (χ4n) is 2.15. The first-order chi connectivity index (χ1) is 7.96. The van der Waals surface area contributed by atoms with E-state index in [1.54, 1.807) is 22.6 Å². The van der Waals surface area contributed by atoms with Crippen molar-refractivity contribution >= 4 is 29.1 Å². The number of carbonyl (C=O) groups excluding carboxylic acids is 1. The lowest BCUT2D eigenvalue weighted by molar-refractivity contribution is 0.0936. The summed E-state index contributed by atoms with van der Waals surface area (Å²) >= 11 is 7.84. The molecule has 2 heterocycles. The zero-order valence-electron chi connectivity index (χ0n) is 10.4. The van der Waals surface area contributed by atoms with E-state index in [1.165, 1.54) is 0 Å². The lowest BCUT2D eigenvalue weighted by Crippen LogP contribution is -2.31. The molecular formula is C12H17ClN2OS. The minimum atomic E-state index is -0.323. The van der Waals surface area contributed by atoms with Crippen LogP contribution in [0.25, 0.3) is 0 Å². The van der Waals surface area contributed by atoms with Gasteiger partial charge in [0.15, 0.2) is 5.78 Å². The monoisotopic (exact) mass is 272 g/mol. The van der Waals surface area contributed by atoms with Crippen LogP contribution in [0.1, 0.15) is 50.1 Å². The molecule has 1 fully saturated rings. The van der Waals surface area contributed by atoms with E-state index in [2.05, 4.69) is 5.10 Å². The summed E-state index contributed by atoms with van der Waals surface area (Å²) in [5, 5.41) is 4.66. The van der Waals surface area contributed by atoms with Crippen LogP contribution in [0.5, 0.6) is 0 Å². The summed E-state index contributed by atoms with van der Waals surface area (Å²) in [4.78, 5) is 12.6. The van der Waals surface area contributed by atoms with E-state index in [1.807, 2.05) is 20.8 Å². The first kappa shape index (κ1) is 13.0. The van der Waals surface area contributed by atoms with Crippen molar-refractivity contribution in [3.05, 3.63) is 16.9 Å². The summed E-state index contributed by atoms with van der Waals surface area (Å²) in [7, 11) is 0. The first-order valence-electron chi connectivity index (χ1n) is 5.87. The summed E-state index contributed by atoms with van der Waals surface area (Å²) in [5.74, 6) is 1.17. The molecule has 0 N–H and O–H groups in total. The molecule has 0 spiro atoms. The molecule has 1 atom stereocenters. The Hall–Kier alpha value is -0.480. The molecule has 94 valence electrons. The molecule has 17 heavy (non-hydrogen) atoms. The van der Waals surface area contributed by atoms with Gasteiger partial charge in [-0.05, 0) is 39.4 Å². The second kappa shape index (κ2) is 4.65. The van der Waals surface area contributed by atoms with E-state index < -0.39 is 0 Å². The van der Waals surface area contributed by atoms with Gasteiger partial charge >= 0.3 is 0 Å². The van der Waals surface area contributed by atoms with E-state index in [4.69, 9.17) is 11.6 Å². The standard InChI is InChI=1S/C12H17ClN2OS/c1-8(2)15-10(9(13)7-14-15)11(16)12(3)5-4-6-17-12/h7-8H,4-6H2,1-3H3. The Labute approximate surface area is 111 Å². The van der Waals surface area contributed by atoms with Crippen molar-refractivity contribution < 1.29 is 4.79 Å². The van der Waals surface area contributed by atoms with E-state index in [9.17, 15) is 4.79 Å². The molecule has 0 saturated carbocycles. The fourth-order valence-corrected chi connectivity index (χ4v) is 3.63. The summed E-state index contributed by atoms with van der Waals surface area (Å²) in [6.45, 7) is 6.02. The van der Waals surface area contributed by atoms with Crippen LogP contribution in [0.15, 0.2) is 6.20 Å². The molecule has 1 aromatic rings. The van der Waals surface area contributed by atoms with Crippen molar-refractivity contribution in [1.82, 2.24) is 9.78 Å². The third kappa shape index (κ3) is 2.25. The molecule has 5 heteroatoms. The minimum Gasteiger partial charge on any atom is -0.291 e. The van der Waals surface area contributed by atoms with Crippen LogP contribution in [0.2, 0.25) is 5.02 Å². The highest BCUT2D eigenvalue weighted by Gasteiger charge is 2.40. The van der Waals surface area contributed by atoms with Gasteiger partial charge in [-0.3, -0.25) is 9.48 Å². The molecule has 0 amide bonds. The highest BCUT2D eigenvalue weighted by atomic mass is 35.5. The maximum Gasteiger partial charge on any atom is 0.198 e. The molecule has 1 aliphatic heterocycles. The number of hydrogen-bond acceptors (Lipinski definition) is 3. The normalized spacial score (nSPS) is 24.5. The number of halogens is 1. The number of thioether (sulfide) groups is 1. The van der Waals surface area contributed by atoms with Crippen molar-refractivity contribution in [3.8, 4) is 0 Å². The number of nitrogens with zero attached hydrogens (tertiary/aromatic N) is 2. The Balaban J connectivity index is 2.39. The molecule has 1 saturated heterocycles.